The zero-order valence-corrected chi connectivity index (χ0v) is 12.2. The number of carbonyl (C=O) groups is 3. The summed E-state index contributed by atoms with van der Waals surface area (Å²) < 4.78 is 4.52. The highest BCUT2D eigenvalue weighted by atomic mass is 16.5. The van der Waals surface area contributed by atoms with Gasteiger partial charge in [0.25, 0.3) is 0 Å². The van der Waals surface area contributed by atoms with Gasteiger partial charge in [-0.15, -0.1) is 0 Å². The number of methoxy groups -OCH3 is 1. The molecule has 7 nitrogen and oxygen atoms in total. The van der Waals surface area contributed by atoms with Gasteiger partial charge in [0, 0.05) is 26.7 Å². The van der Waals surface area contributed by atoms with Crippen LogP contribution in [0.5, 0.6) is 0 Å². The molecule has 114 valence electrons. The molecule has 0 aromatic heterocycles. The number of aliphatic carboxylic acids is 1. The van der Waals surface area contributed by atoms with Crippen LogP contribution in [0.2, 0.25) is 0 Å². The molecule has 0 bridgehead atoms. The Labute approximate surface area is 118 Å². The second-order valence-electron chi connectivity index (χ2n) is 5.14. The lowest BCUT2D eigenvalue weighted by Crippen LogP contribution is -2.43. The van der Waals surface area contributed by atoms with E-state index in [9.17, 15) is 19.5 Å². The van der Waals surface area contributed by atoms with Crippen LogP contribution in [-0.4, -0.2) is 66.7 Å². The summed E-state index contributed by atoms with van der Waals surface area (Å²) in [5.74, 6) is -1.23. The molecule has 20 heavy (non-hydrogen) atoms. The molecule has 1 N–H and O–H groups in total. The van der Waals surface area contributed by atoms with Crippen LogP contribution in [0.15, 0.2) is 0 Å². The molecule has 0 saturated carbocycles. The Kier molecular flexibility index (Phi) is 5.35. The maximum atomic E-state index is 12.2. The number of carbonyl (C=O) groups excluding carboxylic acids is 2. The first-order chi connectivity index (χ1) is 9.36. The topological polar surface area (TPSA) is 87.2 Å². The molecule has 1 unspecified atom stereocenters. The normalized spacial score (nSPS) is 21.6. The van der Waals surface area contributed by atoms with Crippen LogP contribution in [0.25, 0.3) is 0 Å². The monoisotopic (exact) mass is 286 g/mol. The third-order valence-electron chi connectivity index (χ3n) is 3.96. The second kappa shape index (κ2) is 6.58. The number of rotatable bonds is 5. The summed E-state index contributed by atoms with van der Waals surface area (Å²) in [4.78, 5) is 37.5. The lowest BCUT2D eigenvalue weighted by atomic mass is 9.84. The quantitative estimate of drug-likeness (QED) is 0.755. The van der Waals surface area contributed by atoms with Gasteiger partial charge in [-0.2, -0.15) is 0 Å². The average Bonchev–Trinajstić information content (AvgIpc) is 2.89. The fourth-order valence-electron chi connectivity index (χ4n) is 2.35. The Morgan fingerprint density at radius 2 is 2.05 bits per heavy atom. The lowest BCUT2D eigenvalue weighted by molar-refractivity contribution is -0.148. The zero-order chi connectivity index (χ0) is 15.3. The Morgan fingerprint density at radius 1 is 1.40 bits per heavy atom. The van der Waals surface area contributed by atoms with E-state index in [0.29, 0.717) is 19.4 Å². The van der Waals surface area contributed by atoms with E-state index in [1.54, 1.807) is 7.05 Å². The molecule has 1 aliphatic rings. The first kappa shape index (κ1) is 16.3. The molecule has 1 heterocycles. The second-order valence-corrected chi connectivity index (χ2v) is 5.14. The smallest absolute Gasteiger partial charge is 0.319 e. The third-order valence-corrected chi connectivity index (χ3v) is 3.96. The molecule has 2 amide bonds. The van der Waals surface area contributed by atoms with Gasteiger partial charge in [0.15, 0.2) is 0 Å². The summed E-state index contributed by atoms with van der Waals surface area (Å²) in [6.07, 6.45) is 1.10. The Morgan fingerprint density at radius 3 is 2.50 bits per heavy atom. The fraction of sp³-hybridized carbons (Fsp3) is 0.769. The molecule has 0 spiro atoms. The van der Waals surface area contributed by atoms with Crippen molar-refractivity contribution in [2.24, 2.45) is 5.41 Å². The van der Waals surface area contributed by atoms with Crippen LogP contribution in [0, 0.1) is 5.41 Å². The number of hydrogen-bond donors (Lipinski definition) is 1. The number of nitrogens with zero attached hydrogens (tertiary/aromatic N) is 2. The molecule has 0 radical (unpaired) electrons. The molecule has 1 rings (SSSR count). The van der Waals surface area contributed by atoms with Crippen molar-refractivity contribution in [1.82, 2.24) is 9.80 Å². The van der Waals surface area contributed by atoms with E-state index in [1.165, 1.54) is 16.9 Å². The number of ether oxygens (including phenoxy) is 1. The molecule has 0 aliphatic carbocycles. The van der Waals surface area contributed by atoms with E-state index in [0.717, 1.165) is 0 Å². The molecule has 7 heteroatoms. The maximum Gasteiger partial charge on any atom is 0.319 e. The van der Waals surface area contributed by atoms with Crippen molar-refractivity contribution < 1.29 is 24.2 Å². The van der Waals surface area contributed by atoms with E-state index in [4.69, 9.17) is 0 Å². The van der Waals surface area contributed by atoms with Gasteiger partial charge in [0.05, 0.1) is 18.9 Å². The summed E-state index contributed by atoms with van der Waals surface area (Å²) in [5.41, 5.74) is -0.834. The molecule has 1 aliphatic heterocycles. The van der Waals surface area contributed by atoms with Crippen LogP contribution >= 0.6 is 0 Å². The number of esters is 1. The molecule has 1 atom stereocenters. The number of hydrogen-bond acceptors (Lipinski definition) is 4. The first-order valence-corrected chi connectivity index (χ1v) is 6.66. The van der Waals surface area contributed by atoms with Crippen LogP contribution in [0.4, 0.5) is 4.79 Å². The van der Waals surface area contributed by atoms with Crippen molar-refractivity contribution in [2.75, 3.05) is 33.8 Å². The summed E-state index contributed by atoms with van der Waals surface area (Å²) in [5, 5.41) is 9.30. The van der Waals surface area contributed by atoms with Crippen molar-refractivity contribution >= 4 is 18.0 Å². The van der Waals surface area contributed by atoms with Crippen LogP contribution in [0.1, 0.15) is 26.2 Å². The van der Waals surface area contributed by atoms with E-state index in [-0.39, 0.29) is 31.5 Å². The van der Waals surface area contributed by atoms with Crippen molar-refractivity contribution in [3.63, 3.8) is 0 Å². The summed E-state index contributed by atoms with van der Waals surface area (Å²) in [6, 6.07) is -0.245. The van der Waals surface area contributed by atoms with Crippen LogP contribution < -0.4 is 0 Å². The Bertz CT molecular complexity index is 398. The Balaban J connectivity index is 2.57. The van der Waals surface area contributed by atoms with E-state index in [1.807, 2.05) is 6.92 Å². The molecular weight excluding hydrogens is 264 g/mol. The molecule has 0 aromatic rings. The largest absolute Gasteiger partial charge is 0.481 e. The van der Waals surface area contributed by atoms with E-state index < -0.39 is 11.4 Å². The Hall–Kier alpha value is -1.79. The average molecular weight is 286 g/mol. The standard InChI is InChI=1S/C13H22N2O5/c1-4-13(11(17)18)6-8-15(9-13)12(19)14(2)7-5-10(16)20-3/h4-9H2,1-3H3,(H,17,18). The van der Waals surface area contributed by atoms with E-state index >= 15 is 0 Å². The first-order valence-electron chi connectivity index (χ1n) is 6.66. The maximum absolute atomic E-state index is 12.2. The molecule has 0 aromatic carbocycles. The highest BCUT2D eigenvalue weighted by Gasteiger charge is 2.45. The third kappa shape index (κ3) is 3.40. The van der Waals surface area contributed by atoms with Gasteiger partial charge in [-0.25, -0.2) is 4.79 Å². The minimum atomic E-state index is -0.854. The van der Waals surface area contributed by atoms with E-state index in [2.05, 4.69) is 4.74 Å². The predicted molar refractivity (Wildman–Crippen MR) is 71.2 cm³/mol. The van der Waals surface area contributed by atoms with Gasteiger partial charge in [-0.05, 0) is 12.8 Å². The van der Waals surface area contributed by atoms with Crippen molar-refractivity contribution in [1.29, 1.82) is 0 Å². The minimum absolute atomic E-state index is 0.129. The molecule has 1 saturated heterocycles. The number of likely N-dealkylation sites (tertiary alicyclic amines) is 1. The van der Waals surface area contributed by atoms with Gasteiger partial charge in [0.1, 0.15) is 0 Å². The van der Waals surface area contributed by atoms with Gasteiger partial charge >= 0.3 is 18.0 Å². The number of carboxylic acid groups (broad SMARTS) is 1. The van der Waals surface area contributed by atoms with Gasteiger partial charge in [-0.3, -0.25) is 9.59 Å². The highest BCUT2D eigenvalue weighted by molar-refractivity contribution is 5.80. The summed E-state index contributed by atoms with van der Waals surface area (Å²) >= 11 is 0. The number of urea groups is 1. The van der Waals surface area contributed by atoms with Crippen molar-refractivity contribution in [3.8, 4) is 0 Å². The van der Waals surface area contributed by atoms with Gasteiger partial charge in [0.2, 0.25) is 0 Å². The fourth-order valence-corrected chi connectivity index (χ4v) is 2.35. The van der Waals surface area contributed by atoms with Crippen LogP contribution in [0.3, 0.4) is 0 Å². The van der Waals surface area contributed by atoms with Gasteiger partial charge < -0.3 is 19.6 Å². The van der Waals surface area contributed by atoms with Crippen molar-refractivity contribution in [2.45, 2.75) is 26.2 Å². The highest BCUT2D eigenvalue weighted by Crippen LogP contribution is 2.34. The molecular formula is C13H22N2O5. The SMILES string of the molecule is CCC1(C(=O)O)CCN(C(=O)N(C)CCC(=O)OC)C1. The zero-order valence-electron chi connectivity index (χ0n) is 12.2. The lowest BCUT2D eigenvalue weighted by Gasteiger charge is -2.26. The number of amides is 2. The summed E-state index contributed by atoms with van der Waals surface area (Å²) in [6.45, 7) is 2.74. The minimum Gasteiger partial charge on any atom is -0.481 e. The summed E-state index contributed by atoms with van der Waals surface area (Å²) in [7, 11) is 2.89. The molecule has 1 fully saturated rings. The predicted octanol–water partition coefficient (Wildman–Crippen LogP) is 0.788. The van der Waals surface area contributed by atoms with Gasteiger partial charge in [-0.1, -0.05) is 6.92 Å². The number of carboxylic acids is 1. The van der Waals surface area contributed by atoms with Crippen LogP contribution in [-0.2, 0) is 14.3 Å². The van der Waals surface area contributed by atoms with Crippen molar-refractivity contribution in [3.05, 3.63) is 0 Å².